The molecule has 2 aromatic rings. The summed E-state index contributed by atoms with van der Waals surface area (Å²) in [6, 6.07) is 9.84. The van der Waals surface area contributed by atoms with E-state index in [-0.39, 0.29) is 11.9 Å². The van der Waals surface area contributed by atoms with Gasteiger partial charge in [0.15, 0.2) is 0 Å². The molecule has 4 rings (SSSR count). The summed E-state index contributed by atoms with van der Waals surface area (Å²) < 4.78 is 5.35. The maximum Gasteiger partial charge on any atom is 0.336 e. The lowest BCUT2D eigenvalue weighted by Crippen LogP contribution is -2.32. The van der Waals surface area contributed by atoms with Crippen LogP contribution in [0.15, 0.2) is 41.6 Å². The van der Waals surface area contributed by atoms with Crippen LogP contribution < -0.4 is 16.0 Å². The lowest BCUT2D eigenvalue weighted by molar-refractivity contribution is -0.138. The highest BCUT2D eigenvalue weighted by Crippen LogP contribution is 2.44. The van der Waals surface area contributed by atoms with Crippen molar-refractivity contribution in [1.29, 1.82) is 0 Å². The number of rotatable bonds is 4. The summed E-state index contributed by atoms with van der Waals surface area (Å²) in [7, 11) is 0. The van der Waals surface area contributed by atoms with Gasteiger partial charge in [-0.05, 0) is 38.7 Å². The van der Waals surface area contributed by atoms with Crippen molar-refractivity contribution in [2.24, 2.45) is 0 Å². The summed E-state index contributed by atoms with van der Waals surface area (Å²) >= 11 is 0. The van der Waals surface area contributed by atoms with Crippen LogP contribution in [0.4, 0.5) is 17.6 Å². The zero-order valence-electron chi connectivity index (χ0n) is 16.9. The van der Waals surface area contributed by atoms with Crippen LogP contribution >= 0.6 is 0 Å². The number of carbonyl (C=O) groups excluding carboxylic acids is 1. The predicted molar refractivity (Wildman–Crippen MR) is 114 cm³/mol. The van der Waals surface area contributed by atoms with Gasteiger partial charge in [-0.3, -0.25) is 0 Å². The number of nitrogens with one attached hydrogen (secondary N) is 1. The summed E-state index contributed by atoms with van der Waals surface area (Å²) in [6.45, 7) is 5.86. The highest BCUT2D eigenvalue weighted by Gasteiger charge is 2.36. The third-order valence-corrected chi connectivity index (χ3v) is 5.52. The minimum atomic E-state index is -0.373. The van der Waals surface area contributed by atoms with Crippen LogP contribution in [0.1, 0.15) is 50.2 Å². The lowest BCUT2D eigenvalue weighted by Gasteiger charge is -2.32. The van der Waals surface area contributed by atoms with E-state index in [2.05, 4.69) is 15.2 Å². The quantitative estimate of drug-likeness (QED) is 0.769. The van der Waals surface area contributed by atoms with E-state index < -0.39 is 0 Å². The number of esters is 1. The second kappa shape index (κ2) is 8.11. The molecule has 1 unspecified atom stereocenters. The Morgan fingerprint density at radius 3 is 2.62 bits per heavy atom. The average Bonchev–Trinajstić information content (AvgIpc) is 2.74. The van der Waals surface area contributed by atoms with Crippen molar-refractivity contribution in [3.8, 4) is 0 Å². The minimum absolute atomic E-state index is 0.309. The Balaban J connectivity index is 1.84. The zero-order valence-corrected chi connectivity index (χ0v) is 16.9. The predicted octanol–water partition coefficient (Wildman–Crippen LogP) is 3.44. The molecule has 0 spiro atoms. The van der Waals surface area contributed by atoms with Crippen LogP contribution in [-0.2, 0) is 9.53 Å². The fourth-order valence-electron chi connectivity index (χ4n) is 4.15. The first-order chi connectivity index (χ1) is 14.1. The van der Waals surface area contributed by atoms with Crippen LogP contribution in [0, 0.1) is 0 Å². The number of ether oxygens (including phenoxy) is 1. The monoisotopic (exact) mass is 393 g/mol. The molecule has 1 fully saturated rings. The molecule has 0 bridgehead atoms. The highest BCUT2D eigenvalue weighted by atomic mass is 16.5. The molecule has 0 radical (unpaired) electrons. The Morgan fingerprint density at radius 1 is 1.21 bits per heavy atom. The first-order valence-electron chi connectivity index (χ1n) is 10.2. The normalized spacial score (nSPS) is 18.8. The fourth-order valence-corrected chi connectivity index (χ4v) is 4.15. The molecule has 0 amide bonds. The molecule has 1 aromatic heterocycles. The standard InChI is InChI=1S/C22H27N5O2/c1-3-29-21(28)16-14(2)24-20-18(17(16)15-10-6-4-7-11-15)19(23)25-22(26-20)27-12-8-5-9-13-27/h4,6-7,10-11,17H,3,5,8-9,12-13H2,1-2H3,(H3,23,24,25,26). The van der Waals surface area contributed by atoms with Crippen molar-refractivity contribution in [2.45, 2.75) is 39.0 Å². The molecular formula is C22H27N5O2. The largest absolute Gasteiger partial charge is 0.463 e. The number of nitrogens with two attached hydrogens (primary N) is 1. The second-order valence-corrected chi connectivity index (χ2v) is 7.45. The van der Waals surface area contributed by atoms with E-state index >= 15 is 0 Å². The number of allylic oxidation sites excluding steroid dienone is 1. The number of hydrogen-bond acceptors (Lipinski definition) is 7. The molecule has 0 saturated carbocycles. The smallest absolute Gasteiger partial charge is 0.336 e. The second-order valence-electron chi connectivity index (χ2n) is 7.45. The number of fused-ring (bicyclic) bond motifs is 1. The van der Waals surface area contributed by atoms with Gasteiger partial charge in [0.1, 0.15) is 11.6 Å². The number of nitrogens with zero attached hydrogens (tertiary/aromatic N) is 3. The van der Waals surface area contributed by atoms with Crippen molar-refractivity contribution in [1.82, 2.24) is 9.97 Å². The first kappa shape index (κ1) is 19.2. The summed E-state index contributed by atoms with van der Waals surface area (Å²) in [5, 5.41) is 3.29. The molecule has 1 atom stereocenters. The van der Waals surface area contributed by atoms with E-state index in [1.165, 1.54) is 6.42 Å². The Hall–Kier alpha value is -3.09. The molecule has 1 saturated heterocycles. The van der Waals surface area contributed by atoms with E-state index in [0.29, 0.717) is 29.8 Å². The summed E-state index contributed by atoms with van der Waals surface area (Å²) in [4.78, 5) is 24.4. The van der Waals surface area contributed by atoms with Crippen LogP contribution in [0.25, 0.3) is 0 Å². The maximum absolute atomic E-state index is 12.8. The van der Waals surface area contributed by atoms with Crippen molar-refractivity contribution in [3.63, 3.8) is 0 Å². The Kier molecular flexibility index (Phi) is 5.38. The number of carbonyl (C=O) groups is 1. The Labute approximate surface area is 171 Å². The number of anilines is 3. The van der Waals surface area contributed by atoms with Crippen LogP contribution in [0.3, 0.4) is 0 Å². The van der Waals surface area contributed by atoms with Crippen molar-refractivity contribution < 1.29 is 9.53 Å². The third kappa shape index (κ3) is 3.64. The molecule has 7 nitrogen and oxygen atoms in total. The van der Waals surface area contributed by atoms with Crippen LogP contribution in [0.5, 0.6) is 0 Å². The third-order valence-electron chi connectivity index (χ3n) is 5.52. The number of nitrogen functional groups attached to an aromatic ring is 1. The Bertz CT molecular complexity index is 936. The summed E-state index contributed by atoms with van der Waals surface area (Å²) in [6.07, 6.45) is 3.49. The van der Waals surface area contributed by atoms with E-state index in [0.717, 1.165) is 42.8 Å². The molecule has 2 aliphatic rings. The molecule has 0 aliphatic carbocycles. The van der Waals surface area contributed by atoms with E-state index in [1.54, 1.807) is 6.92 Å². The molecule has 7 heteroatoms. The number of hydrogen-bond donors (Lipinski definition) is 2. The number of benzene rings is 1. The van der Waals surface area contributed by atoms with Crippen molar-refractivity contribution in [2.75, 3.05) is 35.6 Å². The number of aromatic nitrogens is 2. The van der Waals surface area contributed by atoms with Gasteiger partial charge >= 0.3 is 5.97 Å². The summed E-state index contributed by atoms with van der Waals surface area (Å²) in [5.41, 5.74) is 9.43. The Morgan fingerprint density at radius 2 is 1.93 bits per heavy atom. The molecule has 3 N–H and O–H groups in total. The van der Waals surface area contributed by atoms with Gasteiger partial charge in [0.25, 0.3) is 0 Å². The fraction of sp³-hybridized carbons (Fsp3) is 0.409. The van der Waals surface area contributed by atoms with Gasteiger partial charge in [-0.2, -0.15) is 9.97 Å². The average molecular weight is 393 g/mol. The molecule has 2 aliphatic heterocycles. The molecule has 29 heavy (non-hydrogen) atoms. The van der Waals surface area contributed by atoms with Gasteiger partial charge in [-0.1, -0.05) is 30.3 Å². The van der Waals surface area contributed by atoms with Gasteiger partial charge in [0, 0.05) is 24.4 Å². The van der Waals surface area contributed by atoms with Gasteiger partial charge in [-0.15, -0.1) is 0 Å². The van der Waals surface area contributed by atoms with Gasteiger partial charge < -0.3 is 20.7 Å². The summed E-state index contributed by atoms with van der Waals surface area (Å²) in [5.74, 6) is 0.981. The highest BCUT2D eigenvalue weighted by molar-refractivity contribution is 5.95. The van der Waals surface area contributed by atoms with Crippen LogP contribution in [0.2, 0.25) is 0 Å². The minimum Gasteiger partial charge on any atom is -0.463 e. The maximum atomic E-state index is 12.8. The van der Waals surface area contributed by atoms with Gasteiger partial charge in [-0.25, -0.2) is 4.79 Å². The van der Waals surface area contributed by atoms with E-state index in [9.17, 15) is 4.79 Å². The van der Waals surface area contributed by atoms with Crippen molar-refractivity contribution >= 4 is 23.6 Å². The van der Waals surface area contributed by atoms with Crippen LogP contribution in [-0.4, -0.2) is 35.6 Å². The van der Waals surface area contributed by atoms with Crippen molar-refractivity contribution in [3.05, 3.63) is 52.7 Å². The molecule has 3 heterocycles. The molecule has 152 valence electrons. The SMILES string of the molecule is CCOC(=O)C1=C(C)Nc2nc(N3CCCCC3)nc(N)c2C1c1ccccc1. The topological polar surface area (TPSA) is 93.4 Å². The molecular weight excluding hydrogens is 366 g/mol. The zero-order chi connectivity index (χ0) is 20.4. The van der Waals surface area contributed by atoms with Gasteiger partial charge in [0.05, 0.1) is 18.1 Å². The lowest BCUT2D eigenvalue weighted by atomic mass is 9.82. The van der Waals surface area contributed by atoms with E-state index in [4.69, 9.17) is 15.5 Å². The first-order valence-corrected chi connectivity index (χ1v) is 10.2. The van der Waals surface area contributed by atoms with E-state index in [1.807, 2.05) is 37.3 Å². The number of piperidine rings is 1. The van der Waals surface area contributed by atoms with Gasteiger partial charge in [0.2, 0.25) is 5.95 Å². The molecule has 1 aromatic carbocycles.